The summed E-state index contributed by atoms with van der Waals surface area (Å²) >= 11 is 0. The van der Waals surface area contributed by atoms with Crippen LogP contribution in [0.3, 0.4) is 0 Å². The normalized spacial score (nSPS) is 12.4. The number of alkyl carbamates (subject to hydrolysis) is 1. The number of amides is 1. The van der Waals surface area contributed by atoms with Crippen molar-refractivity contribution in [3.8, 4) is 5.75 Å². The Hall–Kier alpha value is -2.24. The molecule has 0 heterocycles. The maximum Gasteiger partial charge on any atom is 0.407 e. The van der Waals surface area contributed by atoms with Gasteiger partial charge < -0.3 is 19.9 Å². The molecule has 6 nitrogen and oxygen atoms in total. The minimum Gasteiger partial charge on any atom is -0.491 e. The third-order valence-electron chi connectivity index (χ3n) is 2.37. The fraction of sp³-hybridized carbons (Fsp3) is 0.467. The highest BCUT2D eigenvalue weighted by Gasteiger charge is 2.18. The highest BCUT2D eigenvalue weighted by atomic mass is 16.6. The Bertz CT molecular complexity index is 507. The first-order valence-electron chi connectivity index (χ1n) is 6.63. The largest absolute Gasteiger partial charge is 0.491 e. The van der Waals surface area contributed by atoms with Crippen LogP contribution in [0.15, 0.2) is 24.3 Å². The molecule has 6 heteroatoms. The van der Waals surface area contributed by atoms with Crippen LogP contribution < -0.4 is 10.1 Å². The van der Waals surface area contributed by atoms with Gasteiger partial charge in [0.25, 0.3) is 0 Å². The van der Waals surface area contributed by atoms with Crippen LogP contribution in [0.2, 0.25) is 0 Å². The second-order valence-corrected chi connectivity index (χ2v) is 5.66. The summed E-state index contributed by atoms with van der Waals surface area (Å²) in [4.78, 5) is 22.6. The van der Waals surface area contributed by atoms with E-state index < -0.39 is 17.7 Å². The SMILES string of the molecule is CC(COc1ccccc1C(=O)O)NC(=O)OC(C)(C)C. The number of nitrogens with one attached hydrogen (secondary N) is 1. The van der Waals surface area contributed by atoms with E-state index in [0.29, 0.717) is 0 Å². The lowest BCUT2D eigenvalue weighted by molar-refractivity contribution is 0.0491. The van der Waals surface area contributed by atoms with Gasteiger partial charge in [0.1, 0.15) is 23.5 Å². The molecule has 0 aliphatic heterocycles. The molecule has 1 aromatic carbocycles. The van der Waals surface area contributed by atoms with E-state index in [1.54, 1.807) is 45.9 Å². The van der Waals surface area contributed by atoms with Crippen molar-refractivity contribution in [1.82, 2.24) is 5.32 Å². The van der Waals surface area contributed by atoms with Crippen LogP contribution in [-0.2, 0) is 4.74 Å². The Labute approximate surface area is 124 Å². The number of carbonyl (C=O) groups excluding carboxylic acids is 1. The summed E-state index contributed by atoms with van der Waals surface area (Å²) in [5.41, 5.74) is -0.484. The van der Waals surface area contributed by atoms with Crippen molar-refractivity contribution in [2.24, 2.45) is 0 Å². The van der Waals surface area contributed by atoms with Crippen molar-refractivity contribution in [1.29, 1.82) is 0 Å². The van der Waals surface area contributed by atoms with Crippen molar-refractivity contribution in [3.05, 3.63) is 29.8 Å². The van der Waals surface area contributed by atoms with Gasteiger partial charge in [0.2, 0.25) is 0 Å². The van der Waals surface area contributed by atoms with E-state index in [9.17, 15) is 9.59 Å². The topological polar surface area (TPSA) is 84.9 Å². The number of hydrogen-bond donors (Lipinski definition) is 2. The number of ether oxygens (including phenoxy) is 2. The molecule has 1 aromatic rings. The van der Waals surface area contributed by atoms with Gasteiger partial charge in [-0.05, 0) is 39.8 Å². The minimum atomic E-state index is -1.06. The van der Waals surface area contributed by atoms with Gasteiger partial charge in [0, 0.05) is 0 Å². The van der Waals surface area contributed by atoms with E-state index in [1.165, 1.54) is 6.07 Å². The van der Waals surface area contributed by atoms with Gasteiger partial charge in [-0.3, -0.25) is 0 Å². The molecule has 0 radical (unpaired) electrons. The molecule has 1 atom stereocenters. The third kappa shape index (κ3) is 6.16. The number of carboxylic acids is 1. The second-order valence-electron chi connectivity index (χ2n) is 5.66. The summed E-state index contributed by atoms with van der Waals surface area (Å²) in [7, 11) is 0. The first kappa shape index (κ1) is 16.8. The maximum absolute atomic E-state index is 11.6. The molecule has 116 valence electrons. The molecule has 0 bridgehead atoms. The number of hydrogen-bond acceptors (Lipinski definition) is 4. The van der Waals surface area contributed by atoms with Gasteiger partial charge in [-0.25, -0.2) is 9.59 Å². The van der Waals surface area contributed by atoms with Gasteiger partial charge >= 0.3 is 12.1 Å². The fourth-order valence-corrected chi connectivity index (χ4v) is 1.53. The van der Waals surface area contributed by atoms with Crippen LogP contribution in [0.1, 0.15) is 38.1 Å². The van der Waals surface area contributed by atoms with Crippen molar-refractivity contribution in [2.45, 2.75) is 39.3 Å². The average Bonchev–Trinajstić information content (AvgIpc) is 2.34. The van der Waals surface area contributed by atoms with Gasteiger partial charge in [0.05, 0.1) is 6.04 Å². The van der Waals surface area contributed by atoms with E-state index in [2.05, 4.69) is 5.32 Å². The summed E-state index contributed by atoms with van der Waals surface area (Å²) in [5, 5.41) is 11.7. The van der Waals surface area contributed by atoms with Crippen molar-refractivity contribution in [2.75, 3.05) is 6.61 Å². The molecular weight excluding hydrogens is 274 g/mol. The number of carbonyl (C=O) groups is 2. The van der Waals surface area contributed by atoms with Crippen LogP contribution >= 0.6 is 0 Å². The number of aromatic carboxylic acids is 1. The van der Waals surface area contributed by atoms with Gasteiger partial charge in [-0.1, -0.05) is 12.1 Å². The van der Waals surface area contributed by atoms with E-state index in [0.717, 1.165) is 0 Å². The van der Waals surface area contributed by atoms with Crippen LogP contribution in [0.5, 0.6) is 5.75 Å². The first-order chi connectivity index (χ1) is 9.69. The molecule has 0 spiro atoms. The molecule has 2 N–H and O–H groups in total. The van der Waals surface area contributed by atoms with Crippen LogP contribution in [-0.4, -0.2) is 35.4 Å². The quantitative estimate of drug-likeness (QED) is 0.872. The van der Waals surface area contributed by atoms with Crippen molar-refractivity contribution < 1.29 is 24.2 Å². The summed E-state index contributed by atoms with van der Waals surface area (Å²) in [5.74, 6) is -0.791. The van der Waals surface area contributed by atoms with Crippen LogP contribution in [0, 0.1) is 0 Å². The number of rotatable bonds is 5. The second kappa shape index (κ2) is 6.97. The third-order valence-corrected chi connectivity index (χ3v) is 2.37. The maximum atomic E-state index is 11.6. The predicted octanol–water partition coefficient (Wildman–Crippen LogP) is 2.68. The summed E-state index contributed by atoms with van der Waals surface area (Å²) in [6, 6.07) is 6.03. The van der Waals surface area contributed by atoms with Crippen molar-refractivity contribution >= 4 is 12.1 Å². The molecule has 0 aromatic heterocycles. The zero-order chi connectivity index (χ0) is 16.0. The molecule has 0 saturated carbocycles. The van der Waals surface area contributed by atoms with Gasteiger partial charge in [-0.15, -0.1) is 0 Å². The molecule has 1 amide bonds. The number of para-hydroxylation sites is 1. The molecule has 1 rings (SSSR count). The van der Waals surface area contributed by atoms with E-state index in [-0.39, 0.29) is 24.0 Å². The Balaban J connectivity index is 2.52. The summed E-state index contributed by atoms with van der Waals surface area (Å²) in [6.07, 6.45) is -0.537. The molecule has 1 unspecified atom stereocenters. The Morgan fingerprint density at radius 1 is 1.29 bits per heavy atom. The van der Waals surface area contributed by atoms with E-state index >= 15 is 0 Å². The zero-order valence-electron chi connectivity index (χ0n) is 12.7. The molecule has 0 fully saturated rings. The first-order valence-corrected chi connectivity index (χ1v) is 6.63. The number of carboxylic acid groups (broad SMARTS) is 1. The minimum absolute atomic E-state index is 0.0852. The monoisotopic (exact) mass is 295 g/mol. The Morgan fingerprint density at radius 3 is 2.48 bits per heavy atom. The Kier molecular flexibility index (Phi) is 5.58. The molecule has 0 aliphatic rings. The van der Waals surface area contributed by atoms with Crippen LogP contribution in [0.4, 0.5) is 4.79 Å². The van der Waals surface area contributed by atoms with Crippen molar-refractivity contribution in [3.63, 3.8) is 0 Å². The zero-order valence-corrected chi connectivity index (χ0v) is 12.7. The summed E-state index contributed by atoms with van der Waals surface area (Å²) < 4.78 is 10.6. The predicted molar refractivity (Wildman–Crippen MR) is 77.7 cm³/mol. The lowest BCUT2D eigenvalue weighted by Gasteiger charge is -2.22. The molecule has 0 saturated heterocycles. The van der Waals surface area contributed by atoms with E-state index in [1.807, 2.05) is 0 Å². The molecule has 21 heavy (non-hydrogen) atoms. The highest BCUT2D eigenvalue weighted by Crippen LogP contribution is 2.17. The highest BCUT2D eigenvalue weighted by molar-refractivity contribution is 5.90. The van der Waals surface area contributed by atoms with Gasteiger partial charge in [0.15, 0.2) is 0 Å². The lowest BCUT2D eigenvalue weighted by Crippen LogP contribution is -2.40. The number of benzene rings is 1. The molecule has 0 aliphatic carbocycles. The smallest absolute Gasteiger partial charge is 0.407 e. The average molecular weight is 295 g/mol. The fourth-order valence-electron chi connectivity index (χ4n) is 1.53. The van der Waals surface area contributed by atoms with Gasteiger partial charge in [-0.2, -0.15) is 0 Å². The van der Waals surface area contributed by atoms with Crippen LogP contribution in [0.25, 0.3) is 0 Å². The summed E-state index contributed by atoms with van der Waals surface area (Å²) in [6.45, 7) is 7.21. The van der Waals surface area contributed by atoms with E-state index in [4.69, 9.17) is 14.6 Å². The lowest BCUT2D eigenvalue weighted by atomic mass is 10.2. The standard InChI is InChI=1S/C15H21NO5/c1-10(16-14(19)21-15(2,3)4)9-20-12-8-6-5-7-11(12)13(17)18/h5-8,10H,9H2,1-4H3,(H,16,19)(H,17,18). The Morgan fingerprint density at radius 2 is 1.90 bits per heavy atom. The molecular formula is C15H21NO5.